The number of carboxylic acids is 1. The van der Waals surface area contributed by atoms with Crippen LogP contribution in [0.1, 0.15) is 37.8 Å². The molecule has 1 N–H and O–H groups in total. The summed E-state index contributed by atoms with van der Waals surface area (Å²) in [6.07, 6.45) is 2.81. The lowest BCUT2D eigenvalue weighted by Gasteiger charge is -2.20. The minimum absolute atomic E-state index is 0.286. The van der Waals surface area contributed by atoms with Gasteiger partial charge in [-0.15, -0.1) is 0 Å². The predicted molar refractivity (Wildman–Crippen MR) is 64.1 cm³/mol. The van der Waals surface area contributed by atoms with E-state index in [0.29, 0.717) is 0 Å². The van der Waals surface area contributed by atoms with E-state index in [0.717, 1.165) is 30.3 Å². The number of carboxylic acid groups (broad SMARTS) is 1. The average molecular weight is 232 g/mol. The normalized spacial score (nSPS) is 17.5. The van der Waals surface area contributed by atoms with Crippen LogP contribution in [0.2, 0.25) is 0 Å². The quantitative estimate of drug-likeness (QED) is 0.810. The van der Waals surface area contributed by atoms with E-state index in [-0.39, 0.29) is 5.41 Å². The maximum Gasteiger partial charge on any atom is 0.313 e. The Morgan fingerprint density at radius 3 is 2.18 bits per heavy atom. The van der Waals surface area contributed by atoms with Crippen LogP contribution >= 0.6 is 0 Å². The van der Waals surface area contributed by atoms with Crippen molar-refractivity contribution in [3.63, 3.8) is 0 Å². The molecule has 1 aliphatic rings. The third kappa shape index (κ3) is 1.86. The molecule has 0 saturated heterocycles. The molecule has 1 aliphatic carbocycles. The fraction of sp³-hybridized carbons (Fsp3) is 0.429. The Morgan fingerprint density at radius 2 is 1.82 bits per heavy atom. The highest BCUT2D eigenvalue weighted by Crippen LogP contribution is 2.46. The zero-order valence-electron chi connectivity index (χ0n) is 10.1. The van der Waals surface area contributed by atoms with Gasteiger partial charge in [0.2, 0.25) is 0 Å². The van der Waals surface area contributed by atoms with E-state index >= 15 is 0 Å². The van der Waals surface area contributed by atoms with Crippen molar-refractivity contribution in [2.24, 2.45) is 0 Å². The first-order chi connectivity index (χ1) is 7.92. The van der Waals surface area contributed by atoms with Crippen LogP contribution in [0.15, 0.2) is 24.3 Å². The van der Waals surface area contributed by atoms with Gasteiger partial charge in [-0.25, -0.2) is 0 Å². The van der Waals surface area contributed by atoms with E-state index in [1.165, 1.54) is 0 Å². The van der Waals surface area contributed by atoms with Crippen molar-refractivity contribution in [1.29, 1.82) is 0 Å². The molecule has 0 radical (unpaired) electrons. The molecule has 1 fully saturated rings. The molecule has 90 valence electrons. The Bertz CT molecular complexity index is 453. The van der Waals surface area contributed by atoms with Gasteiger partial charge in [0.15, 0.2) is 0 Å². The number of hydrogen-bond acceptors (Lipinski definition) is 2. The topological polar surface area (TPSA) is 54.4 Å². The predicted octanol–water partition coefficient (Wildman–Crippen LogP) is 2.28. The van der Waals surface area contributed by atoms with Gasteiger partial charge in [-0.05, 0) is 37.8 Å². The molecule has 0 unspecified atom stereocenters. The summed E-state index contributed by atoms with van der Waals surface area (Å²) in [5.74, 6) is -0.846. The number of aldehydes is 1. The van der Waals surface area contributed by atoms with Crippen molar-refractivity contribution in [2.45, 2.75) is 37.5 Å². The molecule has 3 nitrogen and oxygen atoms in total. The van der Waals surface area contributed by atoms with Gasteiger partial charge < -0.3 is 9.90 Å². The summed E-state index contributed by atoms with van der Waals surface area (Å²) in [4.78, 5) is 22.1. The summed E-state index contributed by atoms with van der Waals surface area (Å²) in [6.45, 7) is 3.36. The van der Waals surface area contributed by atoms with Crippen molar-refractivity contribution >= 4 is 12.3 Å². The first-order valence-electron chi connectivity index (χ1n) is 5.73. The zero-order chi connectivity index (χ0) is 12.7. The monoisotopic (exact) mass is 232 g/mol. The number of carbonyl (C=O) groups is 2. The van der Waals surface area contributed by atoms with E-state index in [9.17, 15) is 9.59 Å². The second kappa shape index (κ2) is 3.69. The standard InChI is InChI=1S/C14H16O3/c1-13(2,12(16)17)10-3-5-11(6-4-10)14(9-15)7-8-14/h3-6,9H,7-8H2,1-2H3,(H,16,17). The Hall–Kier alpha value is -1.64. The molecule has 0 bridgehead atoms. The summed E-state index contributed by atoms with van der Waals surface area (Å²) in [6, 6.07) is 7.38. The van der Waals surface area contributed by atoms with Gasteiger partial charge in [0.05, 0.1) is 10.8 Å². The minimum atomic E-state index is -0.892. The molecule has 2 rings (SSSR count). The maximum absolute atomic E-state index is 11.1. The molecule has 3 heteroatoms. The average Bonchev–Trinajstić information content (AvgIpc) is 3.10. The third-order valence-corrected chi connectivity index (χ3v) is 3.73. The Kier molecular flexibility index (Phi) is 2.57. The van der Waals surface area contributed by atoms with E-state index in [1.54, 1.807) is 13.8 Å². The summed E-state index contributed by atoms with van der Waals surface area (Å²) in [5.41, 5.74) is 0.579. The number of carbonyl (C=O) groups excluding carboxylic acids is 1. The van der Waals surface area contributed by atoms with Crippen LogP contribution in [0.5, 0.6) is 0 Å². The zero-order valence-corrected chi connectivity index (χ0v) is 10.1. The van der Waals surface area contributed by atoms with E-state index in [1.807, 2.05) is 24.3 Å². The minimum Gasteiger partial charge on any atom is -0.481 e. The van der Waals surface area contributed by atoms with Crippen molar-refractivity contribution in [1.82, 2.24) is 0 Å². The maximum atomic E-state index is 11.1. The van der Waals surface area contributed by atoms with Crippen LogP contribution in [0, 0.1) is 0 Å². The summed E-state index contributed by atoms with van der Waals surface area (Å²) in [5, 5.41) is 9.13. The first-order valence-corrected chi connectivity index (χ1v) is 5.73. The summed E-state index contributed by atoms with van der Waals surface area (Å²) >= 11 is 0. The number of aliphatic carboxylic acids is 1. The lowest BCUT2D eigenvalue weighted by atomic mass is 9.83. The molecule has 0 atom stereocenters. The third-order valence-electron chi connectivity index (χ3n) is 3.73. The van der Waals surface area contributed by atoms with Crippen LogP contribution in [0.3, 0.4) is 0 Å². The number of rotatable bonds is 4. The second-order valence-electron chi connectivity index (χ2n) is 5.28. The van der Waals surface area contributed by atoms with Crippen molar-refractivity contribution in [3.8, 4) is 0 Å². The summed E-state index contributed by atoms with van der Waals surface area (Å²) in [7, 11) is 0. The van der Waals surface area contributed by atoms with Gasteiger partial charge in [0, 0.05) is 0 Å². The molecule has 0 aromatic heterocycles. The van der Waals surface area contributed by atoms with E-state index < -0.39 is 11.4 Å². The lowest BCUT2D eigenvalue weighted by molar-refractivity contribution is -0.142. The van der Waals surface area contributed by atoms with Gasteiger partial charge in [-0.3, -0.25) is 4.79 Å². The Balaban J connectivity index is 2.31. The van der Waals surface area contributed by atoms with Crippen LogP contribution in [-0.4, -0.2) is 17.4 Å². The molecule has 17 heavy (non-hydrogen) atoms. The fourth-order valence-electron chi connectivity index (χ4n) is 1.95. The smallest absolute Gasteiger partial charge is 0.313 e. The van der Waals surface area contributed by atoms with Crippen LogP contribution in [-0.2, 0) is 20.4 Å². The lowest BCUT2D eigenvalue weighted by Crippen LogP contribution is -2.28. The SMILES string of the molecule is CC(C)(C(=O)O)c1ccc(C2(C=O)CC2)cc1. The van der Waals surface area contributed by atoms with Crippen LogP contribution < -0.4 is 0 Å². The van der Waals surface area contributed by atoms with Gasteiger partial charge in [-0.1, -0.05) is 24.3 Å². The molecule has 1 saturated carbocycles. The van der Waals surface area contributed by atoms with Gasteiger partial charge in [0.1, 0.15) is 6.29 Å². The highest BCUT2D eigenvalue weighted by Gasteiger charge is 2.44. The number of benzene rings is 1. The van der Waals surface area contributed by atoms with E-state index in [4.69, 9.17) is 5.11 Å². The fourth-order valence-corrected chi connectivity index (χ4v) is 1.95. The molecule has 0 aliphatic heterocycles. The Labute approximate surface area is 100 Å². The van der Waals surface area contributed by atoms with Crippen LogP contribution in [0.4, 0.5) is 0 Å². The van der Waals surface area contributed by atoms with Gasteiger partial charge in [0.25, 0.3) is 0 Å². The van der Waals surface area contributed by atoms with E-state index in [2.05, 4.69) is 0 Å². The van der Waals surface area contributed by atoms with Gasteiger partial charge in [-0.2, -0.15) is 0 Å². The first kappa shape index (κ1) is 11.8. The molecule has 1 aromatic carbocycles. The van der Waals surface area contributed by atoms with Crippen molar-refractivity contribution in [2.75, 3.05) is 0 Å². The van der Waals surface area contributed by atoms with Crippen molar-refractivity contribution in [3.05, 3.63) is 35.4 Å². The molecular weight excluding hydrogens is 216 g/mol. The molecule has 0 spiro atoms. The molecule has 1 aromatic rings. The van der Waals surface area contributed by atoms with Crippen molar-refractivity contribution < 1.29 is 14.7 Å². The van der Waals surface area contributed by atoms with Gasteiger partial charge >= 0.3 is 5.97 Å². The largest absolute Gasteiger partial charge is 0.481 e. The highest BCUT2D eigenvalue weighted by molar-refractivity contribution is 5.80. The molecule has 0 heterocycles. The highest BCUT2D eigenvalue weighted by atomic mass is 16.4. The molecule has 0 amide bonds. The van der Waals surface area contributed by atoms with Crippen LogP contribution in [0.25, 0.3) is 0 Å². The summed E-state index contributed by atoms with van der Waals surface area (Å²) < 4.78 is 0. The Morgan fingerprint density at radius 1 is 1.29 bits per heavy atom. The second-order valence-corrected chi connectivity index (χ2v) is 5.28. The molecular formula is C14H16O3. The number of hydrogen-bond donors (Lipinski definition) is 1.